The molecule has 3 aromatic rings. The van der Waals surface area contributed by atoms with E-state index in [0.717, 1.165) is 27.0 Å². The molecule has 0 saturated carbocycles. The quantitative estimate of drug-likeness (QED) is 0.681. The highest BCUT2D eigenvalue weighted by molar-refractivity contribution is 7.18. The van der Waals surface area contributed by atoms with E-state index in [0.29, 0.717) is 13.0 Å². The van der Waals surface area contributed by atoms with Gasteiger partial charge >= 0.3 is 0 Å². The lowest BCUT2D eigenvalue weighted by atomic mass is 10.2. The van der Waals surface area contributed by atoms with Crippen molar-refractivity contribution in [1.29, 1.82) is 0 Å². The number of carbonyl (C=O) groups excluding carboxylic acids is 1. The molecule has 0 aliphatic rings. The summed E-state index contributed by atoms with van der Waals surface area (Å²) in [5.74, 6) is 1.73. The van der Waals surface area contributed by atoms with Crippen LogP contribution in [0.25, 0.3) is 21.3 Å². The molecule has 2 heterocycles. The highest BCUT2D eigenvalue weighted by Crippen LogP contribution is 2.32. The fraction of sp³-hybridized carbons (Fsp3) is 0.278. The Hall–Kier alpha value is -2.67. The fourth-order valence-electron chi connectivity index (χ4n) is 2.42. The second kappa shape index (κ2) is 7.48. The summed E-state index contributed by atoms with van der Waals surface area (Å²) < 4.78 is 7.26. The average Bonchev–Trinajstić information content (AvgIpc) is 3.28. The molecule has 3 rings (SSSR count). The number of methoxy groups -OCH3 is 1. The number of amides is 1. The van der Waals surface area contributed by atoms with Crippen LogP contribution in [0.3, 0.4) is 0 Å². The first-order valence-electron chi connectivity index (χ1n) is 7.90. The summed E-state index contributed by atoms with van der Waals surface area (Å²) >= 11 is 1.57. The minimum Gasteiger partial charge on any atom is -0.497 e. The molecule has 0 unspecified atom stereocenters. The maximum atomic E-state index is 11.8. The minimum atomic E-state index is 0.0982. The van der Waals surface area contributed by atoms with Crippen LogP contribution in [-0.4, -0.2) is 46.5 Å². The molecule has 0 fully saturated rings. The lowest BCUT2D eigenvalue weighted by Crippen LogP contribution is -2.22. The molecule has 130 valence electrons. The summed E-state index contributed by atoms with van der Waals surface area (Å²) in [5, 5.41) is 0.910. The SMILES string of the molecule is COc1cccc(-c2ncc(-c3nccn3CCC(=O)N(C)C)s2)c1. The number of hydrogen-bond acceptors (Lipinski definition) is 5. The first kappa shape index (κ1) is 17.2. The Kier molecular flexibility index (Phi) is 5.14. The van der Waals surface area contributed by atoms with Crippen LogP contribution in [0, 0.1) is 0 Å². The van der Waals surface area contributed by atoms with Gasteiger partial charge in [-0.2, -0.15) is 0 Å². The molecule has 0 saturated heterocycles. The van der Waals surface area contributed by atoms with Crippen molar-refractivity contribution in [3.63, 3.8) is 0 Å². The molecule has 0 atom stereocenters. The molecule has 0 radical (unpaired) electrons. The number of aromatic nitrogens is 3. The van der Waals surface area contributed by atoms with E-state index in [4.69, 9.17) is 4.74 Å². The third-order valence-corrected chi connectivity index (χ3v) is 4.87. The third kappa shape index (κ3) is 3.88. The van der Waals surface area contributed by atoms with Gasteiger partial charge in [-0.1, -0.05) is 12.1 Å². The monoisotopic (exact) mass is 356 g/mol. The molecule has 1 aromatic carbocycles. The molecule has 0 bridgehead atoms. The molecule has 0 aliphatic heterocycles. The van der Waals surface area contributed by atoms with Crippen LogP contribution in [0.1, 0.15) is 6.42 Å². The van der Waals surface area contributed by atoms with E-state index >= 15 is 0 Å². The van der Waals surface area contributed by atoms with Gasteiger partial charge in [0, 0.05) is 51.2 Å². The van der Waals surface area contributed by atoms with Crippen molar-refractivity contribution >= 4 is 17.2 Å². The van der Waals surface area contributed by atoms with Gasteiger partial charge in [0.1, 0.15) is 10.8 Å². The van der Waals surface area contributed by atoms with Crippen molar-refractivity contribution in [3.05, 3.63) is 42.9 Å². The summed E-state index contributed by atoms with van der Waals surface area (Å²) in [6, 6.07) is 7.83. The number of hydrogen-bond donors (Lipinski definition) is 0. The first-order chi connectivity index (χ1) is 12.1. The zero-order chi connectivity index (χ0) is 17.8. The molecule has 6 nitrogen and oxygen atoms in total. The Morgan fingerprint density at radius 2 is 2.16 bits per heavy atom. The fourth-order valence-corrected chi connectivity index (χ4v) is 3.35. The largest absolute Gasteiger partial charge is 0.497 e. The van der Waals surface area contributed by atoms with Crippen LogP contribution in [0.2, 0.25) is 0 Å². The third-order valence-electron chi connectivity index (χ3n) is 3.82. The van der Waals surface area contributed by atoms with E-state index in [9.17, 15) is 4.79 Å². The van der Waals surface area contributed by atoms with Gasteiger partial charge < -0.3 is 14.2 Å². The van der Waals surface area contributed by atoms with E-state index in [1.54, 1.807) is 43.6 Å². The van der Waals surface area contributed by atoms with Crippen molar-refractivity contribution in [2.24, 2.45) is 0 Å². The van der Waals surface area contributed by atoms with Gasteiger partial charge in [0.2, 0.25) is 5.91 Å². The molecule has 0 aliphatic carbocycles. The van der Waals surface area contributed by atoms with Gasteiger partial charge in [0.25, 0.3) is 0 Å². The number of thiazole rings is 1. The van der Waals surface area contributed by atoms with Crippen LogP contribution in [-0.2, 0) is 11.3 Å². The van der Waals surface area contributed by atoms with E-state index in [-0.39, 0.29) is 5.91 Å². The number of benzene rings is 1. The Balaban J connectivity index is 1.81. The molecule has 1 amide bonds. The number of ether oxygens (including phenoxy) is 1. The van der Waals surface area contributed by atoms with Gasteiger partial charge in [-0.25, -0.2) is 9.97 Å². The van der Waals surface area contributed by atoms with Crippen LogP contribution in [0.5, 0.6) is 5.75 Å². The number of carbonyl (C=O) groups is 1. The van der Waals surface area contributed by atoms with Crippen molar-refractivity contribution in [3.8, 4) is 27.0 Å². The second-order valence-corrected chi connectivity index (χ2v) is 6.77. The number of rotatable bonds is 6. The summed E-state index contributed by atoms with van der Waals surface area (Å²) in [7, 11) is 5.18. The van der Waals surface area contributed by atoms with Crippen molar-refractivity contribution in [2.75, 3.05) is 21.2 Å². The Bertz CT molecular complexity index is 869. The van der Waals surface area contributed by atoms with Gasteiger partial charge in [-0.15, -0.1) is 11.3 Å². The smallest absolute Gasteiger partial charge is 0.223 e. The maximum absolute atomic E-state index is 11.8. The van der Waals surface area contributed by atoms with Crippen LogP contribution in [0.15, 0.2) is 42.9 Å². The predicted molar refractivity (Wildman–Crippen MR) is 98.6 cm³/mol. The van der Waals surface area contributed by atoms with E-state index in [1.165, 1.54) is 0 Å². The summed E-state index contributed by atoms with van der Waals surface area (Å²) in [6.07, 6.45) is 5.91. The lowest BCUT2D eigenvalue weighted by molar-refractivity contribution is -0.128. The lowest BCUT2D eigenvalue weighted by Gasteiger charge is -2.11. The molecule has 2 aromatic heterocycles. The minimum absolute atomic E-state index is 0.0982. The molecular weight excluding hydrogens is 336 g/mol. The highest BCUT2D eigenvalue weighted by atomic mass is 32.1. The van der Waals surface area contributed by atoms with Crippen LogP contribution >= 0.6 is 11.3 Å². The molecule has 7 heteroatoms. The van der Waals surface area contributed by atoms with Crippen LogP contribution in [0.4, 0.5) is 0 Å². The summed E-state index contributed by atoms with van der Waals surface area (Å²) in [5.41, 5.74) is 1.01. The van der Waals surface area contributed by atoms with E-state index < -0.39 is 0 Å². The number of aryl methyl sites for hydroxylation is 1. The topological polar surface area (TPSA) is 60.3 Å². The first-order valence-corrected chi connectivity index (χ1v) is 8.72. The maximum Gasteiger partial charge on any atom is 0.223 e. The molecule has 0 N–H and O–H groups in total. The van der Waals surface area contributed by atoms with E-state index in [1.807, 2.05) is 41.2 Å². The standard InChI is InChI=1S/C18H20N4O2S/c1-21(2)16(23)7-9-22-10-8-19-17(22)15-12-20-18(25-15)13-5-4-6-14(11-13)24-3/h4-6,8,10-12H,7,9H2,1-3H3. The normalized spacial score (nSPS) is 10.7. The van der Waals surface area contributed by atoms with E-state index in [2.05, 4.69) is 9.97 Å². The second-order valence-electron chi connectivity index (χ2n) is 5.74. The summed E-state index contributed by atoms with van der Waals surface area (Å²) in [4.78, 5) is 23.3. The van der Waals surface area contributed by atoms with Gasteiger partial charge in [0.05, 0.1) is 12.0 Å². The zero-order valence-corrected chi connectivity index (χ0v) is 15.3. The van der Waals surface area contributed by atoms with Gasteiger partial charge in [-0.3, -0.25) is 4.79 Å². The van der Waals surface area contributed by atoms with Crippen molar-refractivity contribution < 1.29 is 9.53 Å². The summed E-state index contributed by atoms with van der Waals surface area (Å²) in [6.45, 7) is 0.596. The number of nitrogens with zero attached hydrogens (tertiary/aromatic N) is 4. The Labute approximate surface area is 150 Å². The predicted octanol–water partition coefficient (Wildman–Crippen LogP) is 3.16. The Morgan fingerprint density at radius 3 is 2.92 bits per heavy atom. The molecule has 25 heavy (non-hydrogen) atoms. The van der Waals surface area contributed by atoms with Crippen molar-refractivity contribution in [2.45, 2.75) is 13.0 Å². The highest BCUT2D eigenvalue weighted by Gasteiger charge is 2.13. The van der Waals surface area contributed by atoms with Crippen LogP contribution < -0.4 is 4.74 Å². The zero-order valence-electron chi connectivity index (χ0n) is 14.5. The van der Waals surface area contributed by atoms with Gasteiger partial charge in [0.15, 0.2) is 5.82 Å². The average molecular weight is 356 g/mol. The number of imidazole rings is 1. The van der Waals surface area contributed by atoms with Crippen molar-refractivity contribution in [1.82, 2.24) is 19.4 Å². The Morgan fingerprint density at radius 1 is 1.32 bits per heavy atom. The molecular formula is C18H20N4O2S. The van der Waals surface area contributed by atoms with Gasteiger partial charge in [-0.05, 0) is 12.1 Å². The molecule has 0 spiro atoms.